The van der Waals surface area contributed by atoms with Crippen molar-refractivity contribution in [2.24, 2.45) is 0 Å². The number of carbonyl (C=O) groups excluding carboxylic acids is 2. The number of amides is 1. The molecule has 2 aromatic rings. The predicted octanol–water partition coefficient (Wildman–Crippen LogP) is 2.13. The number of ether oxygens (including phenoxy) is 1. The molecule has 98 valence electrons. The minimum absolute atomic E-state index is 0.176. The van der Waals surface area contributed by atoms with E-state index >= 15 is 0 Å². The van der Waals surface area contributed by atoms with Crippen LogP contribution in [0, 0.1) is 0 Å². The monoisotopic (exact) mass is 257 g/mol. The van der Waals surface area contributed by atoms with Crippen LogP contribution in [0.3, 0.4) is 0 Å². The highest BCUT2D eigenvalue weighted by Crippen LogP contribution is 2.15. The normalized spacial score (nSPS) is 10.2. The van der Waals surface area contributed by atoms with Crippen LogP contribution >= 0.6 is 0 Å². The van der Waals surface area contributed by atoms with Gasteiger partial charge < -0.3 is 10.1 Å². The summed E-state index contributed by atoms with van der Waals surface area (Å²) in [6.45, 7) is 0.276. The number of benzene rings is 2. The molecule has 0 aliphatic carbocycles. The zero-order chi connectivity index (χ0) is 13.7. The van der Waals surface area contributed by atoms with Crippen LogP contribution in [0.5, 0.6) is 0 Å². The molecule has 1 N–H and O–H groups in total. The number of carbonyl (C=O) groups is 2. The van der Waals surface area contributed by atoms with Crippen LogP contribution in [-0.4, -0.2) is 25.5 Å². The number of hydrogen-bond acceptors (Lipinski definition) is 3. The van der Waals surface area contributed by atoms with E-state index in [2.05, 4.69) is 10.1 Å². The third-order valence-corrected chi connectivity index (χ3v) is 2.85. The highest BCUT2D eigenvalue weighted by Gasteiger charge is 2.07. The number of hydrogen-bond donors (Lipinski definition) is 1. The van der Waals surface area contributed by atoms with Gasteiger partial charge in [-0.2, -0.15) is 0 Å². The summed E-state index contributed by atoms with van der Waals surface area (Å²) >= 11 is 0. The maximum Gasteiger partial charge on any atom is 0.307 e. The van der Waals surface area contributed by atoms with E-state index in [4.69, 9.17) is 0 Å². The Morgan fingerprint density at radius 1 is 1.11 bits per heavy atom. The van der Waals surface area contributed by atoms with Crippen molar-refractivity contribution in [2.45, 2.75) is 6.42 Å². The Kier molecular flexibility index (Phi) is 4.13. The summed E-state index contributed by atoms with van der Waals surface area (Å²) in [5, 5.41) is 4.80. The quantitative estimate of drug-likeness (QED) is 0.854. The molecule has 1 amide bonds. The first-order valence-electron chi connectivity index (χ1n) is 6.04. The lowest BCUT2D eigenvalue weighted by molar-refractivity contribution is -0.140. The third kappa shape index (κ3) is 3.31. The molecule has 0 aromatic heterocycles. The molecule has 19 heavy (non-hydrogen) atoms. The van der Waals surface area contributed by atoms with Crippen molar-refractivity contribution in [3.05, 3.63) is 48.0 Å². The minimum atomic E-state index is -0.334. The Hall–Kier alpha value is -2.36. The Balaban J connectivity index is 2.03. The highest BCUT2D eigenvalue weighted by molar-refractivity contribution is 5.98. The summed E-state index contributed by atoms with van der Waals surface area (Å²) < 4.78 is 4.51. The van der Waals surface area contributed by atoms with Gasteiger partial charge in [-0.1, -0.05) is 30.3 Å². The average molecular weight is 257 g/mol. The molecule has 0 aliphatic rings. The molecule has 0 spiro atoms. The predicted molar refractivity (Wildman–Crippen MR) is 72.9 cm³/mol. The van der Waals surface area contributed by atoms with Crippen LogP contribution in [-0.2, 0) is 9.53 Å². The van der Waals surface area contributed by atoms with Crippen molar-refractivity contribution in [2.75, 3.05) is 13.7 Å². The molecular weight excluding hydrogens is 242 g/mol. The summed E-state index contributed by atoms with van der Waals surface area (Å²) in [5.74, 6) is -0.520. The van der Waals surface area contributed by atoms with Crippen LogP contribution in [0.25, 0.3) is 10.8 Å². The molecule has 0 heterocycles. The first-order valence-corrected chi connectivity index (χ1v) is 6.04. The van der Waals surface area contributed by atoms with E-state index in [0.29, 0.717) is 5.56 Å². The molecule has 4 nitrogen and oxygen atoms in total. The summed E-state index contributed by atoms with van der Waals surface area (Å²) in [7, 11) is 1.33. The van der Waals surface area contributed by atoms with Gasteiger partial charge in [0.15, 0.2) is 0 Å². The molecule has 0 radical (unpaired) electrons. The van der Waals surface area contributed by atoms with E-state index in [1.54, 1.807) is 6.07 Å². The SMILES string of the molecule is COC(=O)CCNC(=O)c1ccc2ccccc2c1. The van der Waals surface area contributed by atoms with Gasteiger partial charge in [-0.15, -0.1) is 0 Å². The second-order valence-corrected chi connectivity index (χ2v) is 4.14. The molecule has 4 heteroatoms. The van der Waals surface area contributed by atoms with E-state index < -0.39 is 0 Å². The smallest absolute Gasteiger partial charge is 0.307 e. The van der Waals surface area contributed by atoms with Gasteiger partial charge in [-0.05, 0) is 22.9 Å². The first-order chi connectivity index (χ1) is 9.20. The maximum atomic E-state index is 11.9. The van der Waals surface area contributed by atoms with Gasteiger partial charge in [0.25, 0.3) is 5.91 Å². The number of rotatable bonds is 4. The summed E-state index contributed by atoms with van der Waals surface area (Å²) in [4.78, 5) is 22.8. The molecular formula is C15H15NO3. The number of nitrogens with one attached hydrogen (secondary N) is 1. The van der Waals surface area contributed by atoms with Gasteiger partial charge >= 0.3 is 5.97 Å². The lowest BCUT2D eigenvalue weighted by atomic mass is 10.1. The highest BCUT2D eigenvalue weighted by atomic mass is 16.5. The van der Waals surface area contributed by atoms with Gasteiger partial charge in [0, 0.05) is 12.1 Å². The van der Waals surface area contributed by atoms with Gasteiger partial charge in [0.2, 0.25) is 0 Å². The molecule has 0 aliphatic heterocycles. The fraction of sp³-hybridized carbons (Fsp3) is 0.200. The van der Waals surface area contributed by atoms with Crippen molar-refractivity contribution in [3.63, 3.8) is 0 Å². The topological polar surface area (TPSA) is 55.4 Å². The third-order valence-electron chi connectivity index (χ3n) is 2.85. The summed E-state index contributed by atoms with van der Waals surface area (Å²) in [5.41, 5.74) is 0.587. The van der Waals surface area contributed by atoms with Crippen LogP contribution in [0.2, 0.25) is 0 Å². The van der Waals surface area contributed by atoms with Crippen molar-refractivity contribution in [1.29, 1.82) is 0 Å². The molecule has 0 fully saturated rings. The second kappa shape index (κ2) is 6.00. The average Bonchev–Trinajstić information content (AvgIpc) is 2.46. The Morgan fingerprint density at radius 3 is 2.58 bits per heavy atom. The van der Waals surface area contributed by atoms with Gasteiger partial charge in [-0.25, -0.2) is 0 Å². The molecule has 0 saturated carbocycles. The van der Waals surface area contributed by atoms with E-state index in [9.17, 15) is 9.59 Å². The van der Waals surface area contributed by atoms with Crippen molar-refractivity contribution in [3.8, 4) is 0 Å². The van der Waals surface area contributed by atoms with Crippen molar-refractivity contribution in [1.82, 2.24) is 5.32 Å². The molecule has 0 bridgehead atoms. The van der Waals surface area contributed by atoms with Crippen molar-refractivity contribution < 1.29 is 14.3 Å². The molecule has 0 saturated heterocycles. The van der Waals surface area contributed by atoms with E-state index in [1.807, 2.05) is 36.4 Å². The van der Waals surface area contributed by atoms with Crippen LogP contribution < -0.4 is 5.32 Å². The number of esters is 1. The zero-order valence-corrected chi connectivity index (χ0v) is 10.7. The lowest BCUT2D eigenvalue weighted by Crippen LogP contribution is -2.26. The van der Waals surface area contributed by atoms with Crippen LogP contribution in [0.4, 0.5) is 0 Å². The van der Waals surface area contributed by atoms with Gasteiger partial charge in [-0.3, -0.25) is 9.59 Å². The largest absolute Gasteiger partial charge is 0.469 e. The first kappa shape index (κ1) is 13.1. The van der Waals surface area contributed by atoms with Gasteiger partial charge in [0.1, 0.15) is 0 Å². The summed E-state index contributed by atoms with van der Waals surface area (Å²) in [6, 6.07) is 13.4. The van der Waals surface area contributed by atoms with E-state index in [0.717, 1.165) is 10.8 Å². The van der Waals surface area contributed by atoms with Crippen LogP contribution in [0.1, 0.15) is 16.8 Å². The Labute approximate surface area is 111 Å². The van der Waals surface area contributed by atoms with E-state index in [-0.39, 0.29) is 24.8 Å². The van der Waals surface area contributed by atoms with Crippen LogP contribution in [0.15, 0.2) is 42.5 Å². The minimum Gasteiger partial charge on any atom is -0.469 e. The number of methoxy groups -OCH3 is 1. The van der Waals surface area contributed by atoms with E-state index in [1.165, 1.54) is 7.11 Å². The molecule has 2 rings (SSSR count). The maximum absolute atomic E-state index is 11.9. The fourth-order valence-corrected chi connectivity index (χ4v) is 1.81. The fourth-order valence-electron chi connectivity index (χ4n) is 1.81. The zero-order valence-electron chi connectivity index (χ0n) is 10.7. The Bertz CT molecular complexity index is 607. The second-order valence-electron chi connectivity index (χ2n) is 4.14. The molecule has 2 aromatic carbocycles. The van der Waals surface area contributed by atoms with Crippen molar-refractivity contribution >= 4 is 22.6 Å². The number of fused-ring (bicyclic) bond motifs is 1. The standard InChI is InChI=1S/C15H15NO3/c1-19-14(17)8-9-16-15(18)13-7-6-11-4-2-3-5-12(11)10-13/h2-7,10H,8-9H2,1H3,(H,16,18). The molecule has 0 atom stereocenters. The Morgan fingerprint density at radius 2 is 1.84 bits per heavy atom. The molecule has 0 unspecified atom stereocenters. The summed E-state index contributed by atoms with van der Waals surface area (Å²) in [6.07, 6.45) is 0.176. The lowest BCUT2D eigenvalue weighted by Gasteiger charge is -2.05. The van der Waals surface area contributed by atoms with Gasteiger partial charge in [0.05, 0.1) is 13.5 Å².